The van der Waals surface area contributed by atoms with Gasteiger partial charge in [-0.3, -0.25) is 14.4 Å². The highest BCUT2D eigenvalue weighted by Gasteiger charge is 2.36. The Hall–Kier alpha value is -4.83. The molecule has 3 amide bonds. The summed E-state index contributed by atoms with van der Waals surface area (Å²) in [5.41, 5.74) is 4.22. The molecule has 2 atom stereocenters. The van der Waals surface area contributed by atoms with E-state index in [-0.39, 0.29) is 29.6 Å². The van der Waals surface area contributed by atoms with E-state index in [9.17, 15) is 37.5 Å². The van der Waals surface area contributed by atoms with Gasteiger partial charge in [-0.2, -0.15) is 0 Å². The summed E-state index contributed by atoms with van der Waals surface area (Å²) in [6.45, 7) is 2.52. The fourth-order valence-electron chi connectivity index (χ4n) is 6.54. The summed E-state index contributed by atoms with van der Waals surface area (Å²) < 4.78 is 37.0. The van der Waals surface area contributed by atoms with Gasteiger partial charge in [-0.25, -0.2) is 9.48 Å². The Balaban J connectivity index is 0.000000587. The lowest BCUT2D eigenvalue weighted by Crippen LogP contribution is -2.60. The van der Waals surface area contributed by atoms with Crippen molar-refractivity contribution in [1.29, 1.82) is 0 Å². The molecule has 278 valence electrons. The normalized spacial score (nSPS) is 19.8. The van der Waals surface area contributed by atoms with Crippen LogP contribution in [-0.2, 0) is 19.1 Å². The number of aromatic nitrogens is 3. The second-order valence-electron chi connectivity index (χ2n) is 12.3. The van der Waals surface area contributed by atoms with Crippen LogP contribution in [0.4, 0.5) is 23.7 Å². The maximum absolute atomic E-state index is 13.8. The number of alkyl halides is 3. The number of halogens is 5. The quantitative estimate of drug-likeness (QED) is 0.313. The van der Waals surface area contributed by atoms with Crippen molar-refractivity contribution in [3.63, 3.8) is 0 Å². The van der Waals surface area contributed by atoms with Crippen LogP contribution in [0.15, 0.2) is 54.7 Å². The average molecular weight is 767 g/mol. The predicted octanol–water partition coefficient (Wildman–Crippen LogP) is 5.86. The average Bonchev–Trinajstić information content (AvgIpc) is 3.52. The summed E-state index contributed by atoms with van der Waals surface area (Å²) in [6, 6.07) is 12.6. The topological polar surface area (TPSA) is 150 Å². The summed E-state index contributed by atoms with van der Waals surface area (Å²) in [6.07, 6.45) is 1.42. The number of esters is 1. The zero-order valence-electron chi connectivity index (χ0n) is 28.0. The zero-order chi connectivity index (χ0) is 37.6. The highest BCUT2D eigenvalue weighted by molar-refractivity contribution is 6.31. The molecule has 3 aliphatic heterocycles. The number of nitrogens with one attached hydrogen (secondary N) is 1. The Morgan fingerprint density at radius 2 is 1.79 bits per heavy atom. The Labute approximate surface area is 306 Å². The molecule has 6 rings (SSSR count). The van der Waals surface area contributed by atoms with Crippen molar-refractivity contribution in [1.82, 2.24) is 30.1 Å². The standard InChI is InChI=1S/C31H33Cl2N7O4.C3H3F3O2/c32-22-8-9-26(40-19-28(33)35-36-40)24(17-22)20-10-12-39(29(41)16-20)25-7-2-1-3-11-34-30(42)27-18-37(31(43)44)13-14-38(27)23-6-4-5-21(25)15-23;1-2(7)8-3(4,5)6/h4-6,8-9,15-17,19,25,27H,1-3,7,10-14,18H2,(H,34,42)(H,43,44);1H3/t25-,27+;/m0./s1. The van der Waals surface area contributed by atoms with Gasteiger partial charge in [-0.1, -0.05) is 53.4 Å². The minimum absolute atomic E-state index is 0.0849. The number of amides is 3. The maximum atomic E-state index is 13.8. The highest BCUT2D eigenvalue weighted by atomic mass is 35.5. The highest BCUT2D eigenvalue weighted by Crippen LogP contribution is 2.36. The number of piperazine rings is 1. The Bertz CT molecular complexity index is 1840. The second kappa shape index (κ2) is 16.7. The number of benzene rings is 2. The SMILES string of the molecule is CC(=O)OC(F)(F)F.O=C1NCCCCC[C@H](N2CCC(c3cc(Cl)ccc3-n3cc(Cl)nn3)=CC2=O)c2cccc(c2)N2CCN(C(=O)O)C[C@H]12. The molecule has 13 nitrogen and oxygen atoms in total. The van der Waals surface area contributed by atoms with Crippen LogP contribution in [0.1, 0.15) is 56.2 Å². The van der Waals surface area contributed by atoms with Crippen molar-refractivity contribution in [2.45, 2.75) is 57.5 Å². The summed E-state index contributed by atoms with van der Waals surface area (Å²) in [5.74, 6) is -1.61. The van der Waals surface area contributed by atoms with Crippen molar-refractivity contribution in [3.8, 4) is 5.69 Å². The smallest absolute Gasteiger partial charge is 0.465 e. The van der Waals surface area contributed by atoms with Gasteiger partial charge in [0.25, 0.3) is 0 Å². The molecule has 3 aromatic rings. The van der Waals surface area contributed by atoms with Crippen LogP contribution in [0.2, 0.25) is 10.2 Å². The van der Waals surface area contributed by atoms with Gasteiger partial charge in [0.05, 0.1) is 24.5 Å². The Kier molecular flexibility index (Phi) is 12.3. The number of hydrogen-bond acceptors (Lipinski definition) is 8. The number of nitrogens with zero attached hydrogens (tertiary/aromatic N) is 6. The Morgan fingerprint density at radius 3 is 2.44 bits per heavy atom. The molecule has 0 radical (unpaired) electrons. The number of rotatable bonds is 3. The molecular formula is C34H36Cl2F3N7O6. The van der Waals surface area contributed by atoms with Crippen molar-refractivity contribution in [2.24, 2.45) is 0 Å². The molecule has 2 aromatic carbocycles. The van der Waals surface area contributed by atoms with E-state index < -0.39 is 24.5 Å². The van der Waals surface area contributed by atoms with Gasteiger partial charge in [-0.05, 0) is 60.7 Å². The van der Waals surface area contributed by atoms with E-state index in [1.807, 2.05) is 40.1 Å². The predicted molar refractivity (Wildman–Crippen MR) is 185 cm³/mol. The van der Waals surface area contributed by atoms with Crippen LogP contribution in [0.5, 0.6) is 0 Å². The Morgan fingerprint density at radius 1 is 1.00 bits per heavy atom. The minimum atomic E-state index is -4.83. The zero-order valence-corrected chi connectivity index (χ0v) is 29.5. The molecular weight excluding hydrogens is 730 g/mol. The lowest BCUT2D eigenvalue weighted by atomic mass is 9.93. The largest absolute Gasteiger partial charge is 0.575 e. The van der Waals surface area contributed by atoms with E-state index in [1.165, 1.54) is 4.90 Å². The number of hydrogen-bond donors (Lipinski definition) is 2. The molecule has 52 heavy (non-hydrogen) atoms. The molecule has 0 unspecified atom stereocenters. The van der Waals surface area contributed by atoms with Gasteiger partial charge >= 0.3 is 18.4 Å². The van der Waals surface area contributed by atoms with Crippen molar-refractivity contribution >= 4 is 58.3 Å². The van der Waals surface area contributed by atoms with Crippen LogP contribution < -0.4 is 10.2 Å². The number of fused-ring (bicyclic) bond motifs is 4. The van der Waals surface area contributed by atoms with E-state index in [2.05, 4.69) is 26.4 Å². The van der Waals surface area contributed by atoms with Crippen LogP contribution in [0, 0.1) is 0 Å². The van der Waals surface area contributed by atoms with E-state index in [0.717, 1.165) is 53.8 Å². The summed E-state index contributed by atoms with van der Waals surface area (Å²) in [7, 11) is 0. The van der Waals surface area contributed by atoms with Crippen LogP contribution >= 0.6 is 23.2 Å². The molecule has 1 fully saturated rings. The lowest BCUT2D eigenvalue weighted by molar-refractivity contribution is -0.304. The van der Waals surface area contributed by atoms with Gasteiger partial charge in [0.2, 0.25) is 11.8 Å². The third-order valence-electron chi connectivity index (χ3n) is 8.85. The second-order valence-corrected chi connectivity index (χ2v) is 13.2. The molecule has 0 spiro atoms. The summed E-state index contributed by atoms with van der Waals surface area (Å²) >= 11 is 12.4. The maximum Gasteiger partial charge on any atom is 0.575 e. The van der Waals surface area contributed by atoms with Crippen molar-refractivity contribution in [2.75, 3.05) is 37.6 Å². The molecule has 0 aliphatic carbocycles. The van der Waals surface area contributed by atoms with Gasteiger partial charge in [0, 0.05) is 55.5 Å². The summed E-state index contributed by atoms with van der Waals surface area (Å²) in [4.78, 5) is 53.5. The number of ether oxygens (including phenoxy) is 1. The molecule has 3 aliphatic rings. The van der Waals surface area contributed by atoms with Gasteiger partial charge < -0.3 is 29.9 Å². The molecule has 2 N–H and O–H groups in total. The first kappa shape index (κ1) is 38.4. The van der Waals surface area contributed by atoms with Crippen molar-refractivity contribution in [3.05, 3.63) is 76.0 Å². The van der Waals surface area contributed by atoms with Gasteiger partial charge in [0.15, 0.2) is 5.15 Å². The first-order valence-electron chi connectivity index (χ1n) is 16.5. The number of carbonyl (C=O) groups excluding carboxylic acids is 3. The van der Waals surface area contributed by atoms with E-state index >= 15 is 0 Å². The number of carboxylic acid groups (broad SMARTS) is 1. The first-order chi connectivity index (χ1) is 24.7. The minimum Gasteiger partial charge on any atom is -0.465 e. The number of anilines is 1. The van der Waals surface area contributed by atoms with Crippen LogP contribution in [0.25, 0.3) is 11.3 Å². The van der Waals surface area contributed by atoms with Crippen LogP contribution in [0.3, 0.4) is 0 Å². The molecule has 2 bridgehead atoms. The lowest BCUT2D eigenvalue weighted by Gasteiger charge is -2.41. The van der Waals surface area contributed by atoms with E-state index in [0.29, 0.717) is 44.5 Å². The third kappa shape index (κ3) is 9.73. The fraction of sp³-hybridized carbons (Fsp3) is 0.412. The van der Waals surface area contributed by atoms with E-state index in [4.69, 9.17) is 23.2 Å². The monoisotopic (exact) mass is 765 g/mol. The van der Waals surface area contributed by atoms with Crippen molar-refractivity contribution < 1.29 is 42.2 Å². The summed E-state index contributed by atoms with van der Waals surface area (Å²) in [5, 5.41) is 21.4. The molecule has 18 heteroatoms. The van der Waals surface area contributed by atoms with E-state index in [1.54, 1.807) is 23.0 Å². The fourth-order valence-corrected chi connectivity index (χ4v) is 6.84. The molecule has 1 saturated heterocycles. The first-order valence-corrected chi connectivity index (χ1v) is 17.2. The van der Waals surface area contributed by atoms with Crippen LogP contribution in [-0.4, -0.2) is 98.9 Å². The van der Waals surface area contributed by atoms with Gasteiger partial charge in [0.1, 0.15) is 6.04 Å². The molecule has 4 heterocycles. The molecule has 0 saturated carbocycles. The third-order valence-corrected chi connectivity index (χ3v) is 9.26. The molecule has 1 aromatic heterocycles. The van der Waals surface area contributed by atoms with Gasteiger partial charge in [-0.15, -0.1) is 18.3 Å². The number of carbonyl (C=O) groups is 4.